The number of hydrogen-bond acceptors (Lipinski definition) is 4. The molecule has 1 aromatic heterocycles. The minimum atomic E-state index is -0.396. The van der Waals surface area contributed by atoms with Crippen LogP contribution in [0.3, 0.4) is 0 Å². The Morgan fingerprint density at radius 1 is 1.42 bits per heavy atom. The van der Waals surface area contributed by atoms with Crippen molar-refractivity contribution in [3.63, 3.8) is 0 Å². The van der Waals surface area contributed by atoms with Gasteiger partial charge in [-0.3, -0.25) is 4.79 Å². The zero-order valence-electron chi connectivity index (χ0n) is 16.3. The van der Waals surface area contributed by atoms with Gasteiger partial charge in [0, 0.05) is 0 Å². The third kappa shape index (κ3) is 3.02. The quantitative estimate of drug-likeness (QED) is 0.613. The number of rotatable bonds is 5. The number of hydrogen-bond donors (Lipinski definition) is 1. The highest BCUT2D eigenvalue weighted by molar-refractivity contribution is 5.77. The van der Waals surface area contributed by atoms with Crippen LogP contribution < -0.4 is 0 Å². The third-order valence-corrected chi connectivity index (χ3v) is 7.36. The number of carbonyl (C=O) groups excluding carboxylic acids is 1. The summed E-state index contributed by atoms with van der Waals surface area (Å²) in [5, 5.41) is 9.43. The van der Waals surface area contributed by atoms with Gasteiger partial charge < -0.3 is 14.3 Å². The zero-order chi connectivity index (χ0) is 18.9. The summed E-state index contributed by atoms with van der Waals surface area (Å²) in [6.45, 7) is 8.80. The number of ether oxygens (including phenoxy) is 1. The maximum absolute atomic E-state index is 12.6. The first-order valence-corrected chi connectivity index (χ1v) is 9.79. The van der Waals surface area contributed by atoms with Crippen molar-refractivity contribution in [3.05, 3.63) is 35.8 Å². The number of methoxy groups -OCH3 is 1. The molecule has 3 rings (SSSR count). The van der Waals surface area contributed by atoms with E-state index in [2.05, 4.69) is 20.4 Å². The first-order valence-electron chi connectivity index (χ1n) is 9.79. The van der Waals surface area contributed by atoms with Gasteiger partial charge in [0.2, 0.25) is 0 Å². The van der Waals surface area contributed by atoms with Gasteiger partial charge in [0.1, 0.15) is 12.4 Å². The second-order valence-electron chi connectivity index (χ2n) is 8.64. The maximum Gasteiger partial charge on any atom is 0.311 e. The maximum atomic E-state index is 12.6. The van der Waals surface area contributed by atoms with E-state index in [0.717, 1.165) is 50.5 Å². The van der Waals surface area contributed by atoms with Crippen LogP contribution in [0.1, 0.15) is 63.7 Å². The Bertz CT molecular complexity index is 675. The molecule has 2 aliphatic rings. The lowest BCUT2D eigenvalue weighted by molar-refractivity contribution is -0.168. The van der Waals surface area contributed by atoms with Crippen LogP contribution in [-0.4, -0.2) is 18.2 Å². The Labute approximate surface area is 156 Å². The van der Waals surface area contributed by atoms with Crippen LogP contribution in [-0.2, 0) is 22.6 Å². The number of fused-ring (bicyclic) bond motifs is 1. The summed E-state index contributed by atoms with van der Waals surface area (Å²) in [6.07, 6.45) is 8.59. The number of furan rings is 1. The minimum absolute atomic E-state index is 0.0583. The van der Waals surface area contributed by atoms with E-state index in [9.17, 15) is 9.90 Å². The monoisotopic (exact) mass is 360 g/mol. The normalized spacial score (nSPS) is 34.4. The molecule has 4 nitrogen and oxygen atoms in total. The van der Waals surface area contributed by atoms with Gasteiger partial charge in [-0.25, -0.2) is 0 Å². The Morgan fingerprint density at radius 2 is 2.19 bits per heavy atom. The summed E-state index contributed by atoms with van der Waals surface area (Å²) in [7, 11) is 1.51. The van der Waals surface area contributed by atoms with E-state index in [-0.39, 0.29) is 18.0 Å². The Kier molecular flexibility index (Phi) is 5.34. The van der Waals surface area contributed by atoms with E-state index < -0.39 is 5.41 Å². The topological polar surface area (TPSA) is 59.7 Å². The molecule has 0 amide bonds. The molecule has 0 bridgehead atoms. The van der Waals surface area contributed by atoms with E-state index in [1.807, 2.05) is 6.07 Å². The molecule has 0 aromatic carbocycles. The lowest BCUT2D eigenvalue weighted by Crippen LogP contribution is -2.53. The smallest absolute Gasteiger partial charge is 0.311 e. The number of aliphatic hydroxyl groups excluding tert-OH is 1. The standard InChI is InChI=1S/C22H32O4/c1-15-6-9-19-21(2,11-5-12-22(19,3)20(24)25-4)17(15)8-7-16-10-13-26-18(16)14-23/h10,13,17,19,23H,1,5-9,11-12,14H2,2-4H3/t17-,19+,21+,22-/m0/s1. The summed E-state index contributed by atoms with van der Waals surface area (Å²) < 4.78 is 10.6. The molecule has 1 N–H and O–H groups in total. The Morgan fingerprint density at radius 3 is 2.88 bits per heavy atom. The minimum Gasteiger partial charge on any atom is -0.469 e. The van der Waals surface area contributed by atoms with Gasteiger partial charge in [-0.1, -0.05) is 25.5 Å². The van der Waals surface area contributed by atoms with Crippen LogP contribution in [0.25, 0.3) is 0 Å². The second-order valence-corrected chi connectivity index (χ2v) is 8.64. The Hall–Kier alpha value is -1.55. The first kappa shape index (κ1) is 19.2. The average Bonchev–Trinajstić information content (AvgIpc) is 3.07. The third-order valence-electron chi connectivity index (χ3n) is 7.36. The number of allylic oxidation sites excluding steroid dienone is 1. The fraction of sp³-hybridized carbons (Fsp3) is 0.682. The van der Waals surface area contributed by atoms with E-state index >= 15 is 0 Å². The fourth-order valence-corrected chi connectivity index (χ4v) is 5.99. The van der Waals surface area contributed by atoms with Crippen molar-refractivity contribution in [1.29, 1.82) is 0 Å². The molecule has 2 fully saturated rings. The highest BCUT2D eigenvalue weighted by Crippen LogP contribution is 2.62. The van der Waals surface area contributed by atoms with Crippen LogP contribution in [0.4, 0.5) is 0 Å². The highest BCUT2D eigenvalue weighted by atomic mass is 16.5. The molecule has 0 saturated heterocycles. The van der Waals surface area contributed by atoms with Crippen molar-refractivity contribution in [3.8, 4) is 0 Å². The molecule has 4 atom stereocenters. The van der Waals surface area contributed by atoms with E-state index in [1.165, 1.54) is 12.7 Å². The molecule has 144 valence electrons. The van der Waals surface area contributed by atoms with Gasteiger partial charge in [0.15, 0.2) is 0 Å². The molecule has 1 heterocycles. The average molecular weight is 360 g/mol. The van der Waals surface area contributed by atoms with Crippen molar-refractivity contribution >= 4 is 5.97 Å². The number of aliphatic hydroxyl groups is 1. The molecule has 2 saturated carbocycles. The summed E-state index contributed by atoms with van der Waals surface area (Å²) in [5.74, 6) is 1.31. The lowest BCUT2D eigenvalue weighted by atomic mass is 9.46. The van der Waals surface area contributed by atoms with E-state index in [1.54, 1.807) is 6.26 Å². The summed E-state index contributed by atoms with van der Waals surface area (Å²) in [4.78, 5) is 12.6. The van der Waals surface area contributed by atoms with Crippen molar-refractivity contribution in [2.24, 2.45) is 22.7 Å². The van der Waals surface area contributed by atoms with Crippen LogP contribution in [0.15, 0.2) is 28.9 Å². The number of aryl methyl sites for hydroxylation is 1. The molecule has 1 aromatic rings. The molecule has 2 aliphatic carbocycles. The second kappa shape index (κ2) is 7.22. The zero-order valence-corrected chi connectivity index (χ0v) is 16.3. The van der Waals surface area contributed by atoms with Gasteiger partial charge >= 0.3 is 5.97 Å². The number of carbonyl (C=O) groups is 1. The van der Waals surface area contributed by atoms with Gasteiger partial charge in [0.05, 0.1) is 18.8 Å². The van der Waals surface area contributed by atoms with Crippen LogP contribution in [0, 0.1) is 22.7 Å². The molecular formula is C22H32O4. The van der Waals surface area contributed by atoms with Crippen LogP contribution in [0.5, 0.6) is 0 Å². The van der Waals surface area contributed by atoms with Crippen LogP contribution >= 0.6 is 0 Å². The molecule has 4 heteroatoms. The summed E-state index contributed by atoms with van der Waals surface area (Å²) >= 11 is 0. The van der Waals surface area contributed by atoms with Crippen molar-refractivity contribution in [2.45, 2.75) is 65.4 Å². The molecular weight excluding hydrogens is 328 g/mol. The van der Waals surface area contributed by atoms with Crippen molar-refractivity contribution in [1.82, 2.24) is 0 Å². The Balaban J connectivity index is 1.85. The van der Waals surface area contributed by atoms with E-state index in [0.29, 0.717) is 17.6 Å². The fourth-order valence-electron chi connectivity index (χ4n) is 5.99. The lowest BCUT2D eigenvalue weighted by Gasteiger charge is -2.57. The molecule has 0 spiro atoms. The van der Waals surface area contributed by atoms with Gasteiger partial charge in [0.25, 0.3) is 0 Å². The van der Waals surface area contributed by atoms with Crippen molar-refractivity contribution in [2.75, 3.05) is 7.11 Å². The number of esters is 1. The van der Waals surface area contributed by atoms with E-state index in [4.69, 9.17) is 9.15 Å². The van der Waals surface area contributed by atoms with Gasteiger partial charge in [-0.2, -0.15) is 0 Å². The SMILES string of the molecule is C=C1CC[C@@H]2[C@](C)(CCC[C@]2(C)C(=O)OC)[C@H]1CCc1ccoc1CO. The summed E-state index contributed by atoms with van der Waals surface area (Å²) in [5.41, 5.74) is 2.07. The first-order chi connectivity index (χ1) is 12.4. The predicted octanol–water partition coefficient (Wildman–Crippen LogP) is 4.66. The molecule has 26 heavy (non-hydrogen) atoms. The van der Waals surface area contributed by atoms with Crippen molar-refractivity contribution < 1.29 is 19.1 Å². The van der Waals surface area contributed by atoms with Gasteiger partial charge in [-0.05, 0) is 74.3 Å². The molecule has 0 unspecified atom stereocenters. The highest BCUT2D eigenvalue weighted by Gasteiger charge is 2.57. The van der Waals surface area contributed by atoms with Crippen LogP contribution in [0.2, 0.25) is 0 Å². The van der Waals surface area contributed by atoms with Gasteiger partial charge in [-0.15, -0.1) is 0 Å². The largest absolute Gasteiger partial charge is 0.469 e. The molecule has 0 aliphatic heterocycles. The molecule has 0 radical (unpaired) electrons. The predicted molar refractivity (Wildman–Crippen MR) is 100 cm³/mol. The summed E-state index contributed by atoms with van der Waals surface area (Å²) in [6, 6.07) is 1.95.